The summed E-state index contributed by atoms with van der Waals surface area (Å²) in [6, 6.07) is 0. The molecule has 13 heteroatoms. The predicted octanol–water partition coefficient (Wildman–Crippen LogP) is 3.36. The van der Waals surface area contributed by atoms with E-state index in [1.54, 1.807) is 20.8 Å². The minimum Gasteiger partial charge on any atom is 0 e. The molecule has 0 saturated carbocycles. The van der Waals surface area contributed by atoms with Crippen LogP contribution in [0.1, 0.15) is 60.8 Å². The van der Waals surface area contributed by atoms with Gasteiger partial charge in [-0.15, -0.1) is 0 Å². The van der Waals surface area contributed by atoms with Crippen LogP contribution >= 0.6 is 0 Å². The van der Waals surface area contributed by atoms with Gasteiger partial charge in [0.05, 0.1) is 0 Å². The summed E-state index contributed by atoms with van der Waals surface area (Å²) in [5, 5.41) is 25.3. The Kier molecular flexibility index (Phi) is 39.5. The molecule has 0 aromatic heterocycles. The fourth-order valence-electron chi connectivity index (χ4n) is 0.834. The zero-order valence-electron chi connectivity index (χ0n) is 19.7. The predicted molar refractivity (Wildman–Crippen MR) is 111 cm³/mol. The first kappa shape index (κ1) is 48.3. The van der Waals surface area contributed by atoms with Gasteiger partial charge >= 0.3 is 68.4 Å². The first-order chi connectivity index (χ1) is 15.2. The molecule has 3 N–H and O–H groups in total. The summed E-state index contributed by atoms with van der Waals surface area (Å²) in [4.78, 5) is 39.8. The zero-order valence-corrected chi connectivity index (χ0v) is 21.7. The third-order valence-electron chi connectivity index (χ3n) is 4.19. The monoisotopic (exact) mass is 563 g/mol. The summed E-state index contributed by atoms with van der Waals surface area (Å²) < 4.78 is 22.5. The Morgan fingerprint density at radius 1 is 0.588 bits per heavy atom. The number of hydrogen-bond donors (Lipinski definition) is 3. The summed E-state index contributed by atoms with van der Waals surface area (Å²) >= 11 is 0. The van der Waals surface area contributed by atoms with E-state index in [0.29, 0.717) is 19.3 Å². The largest absolute Gasteiger partial charge is 0 e. The Morgan fingerprint density at radius 2 is 0.706 bits per heavy atom. The van der Waals surface area contributed by atoms with Crippen molar-refractivity contribution in [1.29, 1.82) is 0 Å². The van der Waals surface area contributed by atoms with E-state index in [0.717, 1.165) is 0 Å². The quantitative estimate of drug-likeness (QED) is 0.254. The molecule has 0 aromatic carbocycles. The van der Waals surface area contributed by atoms with E-state index in [2.05, 4.69) is 34.5 Å². The Balaban J connectivity index is -0.0000000569. The molecule has 186 valence electrons. The van der Waals surface area contributed by atoms with Crippen molar-refractivity contribution in [2.24, 2.45) is 0 Å². The number of carbonyl (C=O) groups is 3. The van der Waals surface area contributed by atoms with Gasteiger partial charge < -0.3 is 15.3 Å². The van der Waals surface area contributed by atoms with Gasteiger partial charge in [0.25, 0.3) is 0 Å². The van der Waals surface area contributed by atoms with Crippen LogP contribution in [0.5, 0.6) is 0 Å². The van der Waals surface area contributed by atoms with Crippen LogP contribution in [0.4, 0.5) is 0 Å². The molecule has 0 aliphatic rings. The molecule has 0 amide bonds. The van der Waals surface area contributed by atoms with E-state index in [1.807, 2.05) is 0 Å². The zero-order chi connectivity index (χ0) is 28.5. The van der Waals surface area contributed by atoms with E-state index in [1.165, 1.54) is 20.8 Å². The molecule has 0 heterocycles. The van der Waals surface area contributed by atoms with Crippen LogP contribution in [-0.4, -0.2) is 49.8 Å². The summed E-state index contributed by atoms with van der Waals surface area (Å²) in [5.74, 6) is -3.12. The normalized spacial score (nSPS) is 12.6. The van der Waals surface area contributed by atoms with Gasteiger partial charge in [0.15, 0.2) is 0 Å². The van der Waals surface area contributed by atoms with Crippen molar-refractivity contribution in [3.05, 3.63) is 54.2 Å². The van der Waals surface area contributed by atoms with Crippen LogP contribution in [-0.2, 0) is 49.4 Å². The molecule has 3 atom stereocenters. The van der Waals surface area contributed by atoms with Gasteiger partial charge in [-0.2, -0.15) is 0 Å². The number of carboxylic acids is 3. The van der Waals surface area contributed by atoms with Gasteiger partial charge in [-0.05, 0) is 0 Å². The Bertz CT molecular complexity index is 686. The SMILES string of the molecule is [C-]#[N+]C(C)(CC)C(=O)O.[C-]#[N+]C(C)(CC)C(=O)O.[C-]#[N+]C(C)(CC)C(=O)O.[C-]#[O+].[C-]#[O+].[C-]#[O+].[Mo]. The molecular weight excluding hydrogens is 534 g/mol. The molecule has 0 aliphatic carbocycles. The van der Waals surface area contributed by atoms with Crippen molar-refractivity contribution in [3.63, 3.8) is 0 Å². The first-order valence-electron chi connectivity index (χ1n) is 8.67. The van der Waals surface area contributed by atoms with Crippen molar-refractivity contribution in [3.8, 4) is 0 Å². The van der Waals surface area contributed by atoms with Gasteiger partial charge in [0.2, 0.25) is 0 Å². The van der Waals surface area contributed by atoms with Gasteiger partial charge in [-0.25, -0.2) is 34.1 Å². The molecule has 0 spiro atoms. The average Bonchev–Trinajstić information content (AvgIpc) is 2.86. The number of carboxylic acid groups (broad SMARTS) is 3. The van der Waals surface area contributed by atoms with Crippen molar-refractivity contribution in [2.45, 2.75) is 77.4 Å². The van der Waals surface area contributed by atoms with Gasteiger partial charge in [-0.3, -0.25) is 14.5 Å². The Morgan fingerprint density at radius 3 is 0.706 bits per heavy atom. The smallest absolute Gasteiger partial charge is 0 e. The van der Waals surface area contributed by atoms with Crippen molar-refractivity contribution in [2.75, 3.05) is 0 Å². The third-order valence-corrected chi connectivity index (χ3v) is 4.19. The number of rotatable bonds is 6. The molecule has 34 heavy (non-hydrogen) atoms. The molecule has 0 saturated heterocycles. The standard InChI is InChI=1S/3C6H9NO2.3CO.Mo/c3*1-4-6(2,7-3)5(8)9;3*1-2;/h3*4H2,1-2H3,(H,8,9);;;;. The average molecular weight is 561 g/mol. The Labute approximate surface area is 214 Å². The topological polar surface area (TPSA) is 185 Å². The van der Waals surface area contributed by atoms with Crippen LogP contribution in [0.15, 0.2) is 0 Å². The maximum absolute atomic E-state index is 10.3. The van der Waals surface area contributed by atoms with E-state index in [9.17, 15) is 14.4 Å². The fourth-order valence-corrected chi connectivity index (χ4v) is 0.834. The van der Waals surface area contributed by atoms with E-state index < -0.39 is 34.5 Å². The van der Waals surface area contributed by atoms with Crippen LogP contribution < -0.4 is 0 Å². The molecule has 3 unspecified atom stereocenters. The number of aliphatic carboxylic acids is 3. The molecule has 0 aliphatic heterocycles. The third kappa shape index (κ3) is 20.7. The molecule has 0 aromatic rings. The van der Waals surface area contributed by atoms with Gasteiger partial charge in [-0.1, -0.05) is 20.8 Å². The second-order valence-corrected chi connectivity index (χ2v) is 6.13. The molecule has 12 nitrogen and oxygen atoms in total. The van der Waals surface area contributed by atoms with E-state index in [-0.39, 0.29) is 21.1 Å². The summed E-state index contributed by atoms with van der Waals surface area (Å²) in [6.45, 7) is 42.4. The molecule has 0 rings (SSSR count). The maximum Gasteiger partial charge on any atom is 0 e. The summed E-state index contributed by atoms with van der Waals surface area (Å²) in [6.07, 6.45) is 1.06. The Hall–Kier alpha value is -3.21. The van der Waals surface area contributed by atoms with Crippen LogP contribution in [0.3, 0.4) is 0 Å². The second-order valence-electron chi connectivity index (χ2n) is 6.13. The second kappa shape index (κ2) is 27.8. The van der Waals surface area contributed by atoms with Crippen molar-refractivity contribution in [1.82, 2.24) is 0 Å². The number of hydrogen-bond acceptors (Lipinski definition) is 3. The van der Waals surface area contributed by atoms with Crippen LogP contribution in [0, 0.1) is 39.7 Å². The first-order valence-corrected chi connectivity index (χ1v) is 8.67. The minimum absolute atomic E-state index is 0. The minimum atomic E-state index is -1.21. The molecular formula is C21H27MoN3O9. The van der Waals surface area contributed by atoms with Crippen molar-refractivity contribution >= 4 is 17.9 Å². The number of nitrogens with zero attached hydrogens (tertiary/aromatic N) is 3. The van der Waals surface area contributed by atoms with Gasteiger partial charge in [0.1, 0.15) is 0 Å². The molecule has 0 radical (unpaired) electrons. The van der Waals surface area contributed by atoms with Gasteiger partial charge in [0, 0.05) is 61.1 Å². The van der Waals surface area contributed by atoms with E-state index in [4.69, 9.17) is 49.0 Å². The van der Waals surface area contributed by atoms with Crippen LogP contribution in [0.2, 0.25) is 0 Å². The maximum atomic E-state index is 10.3. The van der Waals surface area contributed by atoms with E-state index >= 15 is 0 Å². The molecule has 0 fully saturated rings. The summed E-state index contributed by atoms with van der Waals surface area (Å²) in [7, 11) is 0. The summed E-state index contributed by atoms with van der Waals surface area (Å²) in [5.41, 5.74) is -3.63. The molecule has 0 bridgehead atoms. The van der Waals surface area contributed by atoms with Crippen LogP contribution in [0.25, 0.3) is 14.5 Å². The fraction of sp³-hybridized carbons (Fsp3) is 0.571. The van der Waals surface area contributed by atoms with Crippen molar-refractivity contribution < 1.29 is 64.7 Å².